The van der Waals surface area contributed by atoms with Crippen molar-refractivity contribution in [3.63, 3.8) is 0 Å². The Bertz CT molecular complexity index is 747. The molecule has 3 aromatic rings. The van der Waals surface area contributed by atoms with Crippen molar-refractivity contribution in [3.8, 4) is 0 Å². The molecule has 0 amide bonds. The predicted octanol–water partition coefficient (Wildman–Crippen LogP) is 4.37. The van der Waals surface area contributed by atoms with Crippen LogP contribution in [0.2, 0.25) is 0 Å². The number of fused-ring (bicyclic) bond motifs is 1. The van der Waals surface area contributed by atoms with Crippen LogP contribution in [0.15, 0.2) is 30.3 Å². The summed E-state index contributed by atoms with van der Waals surface area (Å²) in [5.74, 6) is 1.18. The molecule has 2 aromatic heterocycles. The first-order chi connectivity index (χ1) is 9.67. The van der Waals surface area contributed by atoms with Gasteiger partial charge in [0.05, 0.1) is 17.6 Å². The Morgan fingerprint density at radius 1 is 1.30 bits per heavy atom. The van der Waals surface area contributed by atoms with Crippen LogP contribution >= 0.6 is 22.9 Å². The van der Waals surface area contributed by atoms with E-state index in [-0.39, 0.29) is 5.82 Å². The lowest BCUT2D eigenvalue weighted by molar-refractivity contribution is 0.628. The lowest BCUT2D eigenvalue weighted by atomic mass is 10.3. The normalized spacial score (nSPS) is 11.3. The smallest absolute Gasteiger partial charge is 0.125 e. The SMILES string of the molecule is Cc1ccc(Cn2c(CCCl)nc3ccc(F)cc32)s1. The lowest BCUT2D eigenvalue weighted by Gasteiger charge is -2.07. The molecule has 0 aliphatic carbocycles. The first kappa shape index (κ1) is 13.6. The molecule has 0 N–H and O–H groups in total. The second kappa shape index (κ2) is 5.54. The van der Waals surface area contributed by atoms with E-state index in [4.69, 9.17) is 11.6 Å². The van der Waals surface area contributed by atoms with Gasteiger partial charge in [0.1, 0.15) is 11.6 Å². The number of rotatable bonds is 4. The molecule has 0 spiro atoms. The number of thiophene rings is 1. The summed E-state index contributed by atoms with van der Waals surface area (Å²) in [6, 6.07) is 8.91. The van der Waals surface area contributed by atoms with Crippen LogP contribution in [-0.4, -0.2) is 15.4 Å². The molecule has 0 bridgehead atoms. The van der Waals surface area contributed by atoms with Crippen molar-refractivity contribution in [1.82, 2.24) is 9.55 Å². The predicted molar refractivity (Wildman–Crippen MR) is 82.3 cm³/mol. The highest BCUT2D eigenvalue weighted by Gasteiger charge is 2.12. The molecule has 0 saturated carbocycles. The van der Waals surface area contributed by atoms with Crippen LogP contribution in [0.5, 0.6) is 0 Å². The van der Waals surface area contributed by atoms with Crippen LogP contribution in [0.25, 0.3) is 11.0 Å². The zero-order chi connectivity index (χ0) is 14.1. The second-order valence-electron chi connectivity index (χ2n) is 4.70. The fraction of sp³-hybridized carbons (Fsp3) is 0.267. The molecule has 0 aliphatic rings. The topological polar surface area (TPSA) is 17.8 Å². The number of hydrogen-bond donors (Lipinski definition) is 0. The van der Waals surface area contributed by atoms with E-state index in [9.17, 15) is 4.39 Å². The van der Waals surface area contributed by atoms with E-state index >= 15 is 0 Å². The van der Waals surface area contributed by atoms with Gasteiger partial charge in [0.15, 0.2) is 0 Å². The molecule has 0 aliphatic heterocycles. The zero-order valence-electron chi connectivity index (χ0n) is 11.1. The minimum absolute atomic E-state index is 0.238. The summed E-state index contributed by atoms with van der Waals surface area (Å²) in [6.45, 7) is 2.80. The summed E-state index contributed by atoms with van der Waals surface area (Å²) in [4.78, 5) is 7.07. The Labute approximate surface area is 125 Å². The minimum Gasteiger partial charge on any atom is -0.323 e. The van der Waals surface area contributed by atoms with Gasteiger partial charge < -0.3 is 4.57 Å². The average Bonchev–Trinajstić information content (AvgIpc) is 2.96. The molecule has 1 aromatic carbocycles. The van der Waals surface area contributed by atoms with E-state index in [2.05, 4.69) is 28.6 Å². The maximum absolute atomic E-state index is 13.5. The number of aromatic nitrogens is 2. The molecule has 3 rings (SSSR count). The first-order valence-electron chi connectivity index (χ1n) is 6.43. The number of nitrogens with zero attached hydrogens (tertiary/aromatic N) is 2. The van der Waals surface area contributed by atoms with E-state index in [0.29, 0.717) is 18.8 Å². The summed E-state index contributed by atoms with van der Waals surface area (Å²) in [5, 5.41) is 0. The van der Waals surface area contributed by atoms with Gasteiger partial charge in [0.25, 0.3) is 0 Å². The number of aryl methyl sites for hydroxylation is 2. The number of halogens is 2. The standard InChI is InChI=1S/C15H14ClFN2S/c1-10-2-4-12(20-10)9-19-14-8-11(17)3-5-13(14)18-15(19)6-7-16/h2-5,8H,6-7,9H2,1H3. The Morgan fingerprint density at radius 2 is 2.15 bits per heavy atom. The van der Waals surface area contributed by atoms with Gasteiger partial charge in [-0.05, 0) is 37.3 Å². The van der Waals surface area contributed by atoms with Crippen molar-refractivity contribution in [2.45, 2.75) is 19.9 Å². The molecule has 104 valence electrons. The minimum atomic E-state index is -0.238. The quantitative estimate of drug-likeness (QED) is 0.654. The molecule has 0 radical (unpaired) electrons. The molecule has 0 saturated heterocycles. The zero-order valence-corrected chi connectivity index (χ0v) is 12.6. The maximum atomic E-state index is 13.5. The van der Waals surface area contributed by atoms with Crippen LogP contribution in [0.3, 0.4) is 0 Å². The van der Waals surface area contributed by atoms with Gasteiger partial charge in [-0.2, -0.15) is 0 Å². The molecule has 5 heteroatoms. The Kier molecular flexibility index (Phi) is 3.76. The van der Waals surface area contributed by atoms with Crippen LogP contribution in [-0.2, 0) is 13.0 Å². The Balaban J connectivity index is 2.09. The van der Waals surface area contributed by atoms with Crippen molar-refractivity contribution in [3.05, 3.63) is 51.7 Å². The van der Waals surface area contributed by atoms with Crippen LogP contribution in [0.1, 0.15) is 15.6 Å². The maximum Gasteiger partial charge on any atom is 0.125 e. The van der Waals surface area contributed by atoms with Gasteiger partial charge in [0.2, 0.25) is 0 Å². The highest BCUT2D eigenvalue weighted by atomic mass is 35.5. The fourth-order valence-corrected chi connectivity index (χ4v) is 3.37. The van der Waals surface area contributed by atoms with Crippen LogP contribution in [0, 0.1) is 12.7 Å². The van der Waals surface area contributed by atoms with Gasteiger partial charge in [-0.25, -0.2) is 9.37 Å². The van der Waals surface area contributed by atoms with Crippen LogP contribution < -0.4 is 0 Å². The van der Waals surface area contributed by atoms with Crippen molar-refractivity contribution < 1.29 is 4.39 Å². The van der Waals surface area contributed by atoms with Crippen molar-refractivity contribution in [1.29, 1.82) is 0 Å². The average molecular weight is 309 g/mol. The first-order valence-corrected chi connectivity index (χ1v) is 7.78. The third-order valence-corrected chi connectivity index (χ3v) is 4.39. The molecule has 0 atom stereocenters. The molecule has 0 unspecified atom stereocenters. The largest absolute Gasteiger partial charge is 0.323 e. The summed E-state index contributed by atoms with van der Waals surface area (Å²) >= 11 is 7.60. The van der Waals surface area contributed by atoms with Crippen molar-refractivity contribution in [2.24, 2.45) is 0 Å². The Hall–Kier alpha value is -1.39. The highest BCUT2D eigenvalue weighted by molar-refractivity contribution is 7.11. The van der Waals surface area contributed by atoms with Gasteiger partial charge in [0, 0.05) is 22.1 Å². The molecule has 0 fully saturated rings. The summed E-state index contributed by atoms with van der Waals surface area (Å²) < 4.78 is 15.6. The highest BCUT2D eigenvalue weighted by Crippen LogP contribution is 2.23. The Morgan fingerprint density at radius 3 is 2.85 bits per heavy atom. The van der Waals surface area contributed by atoms with E-state index in [1.807, 2.05) is 0 Å². The number of benzene rings is 1. The van der Waals surface area contributed by atoms with Crippen LogP contribution in [0.4, 0.5) is 4.39 Å². The number of imidazole rings is 1. The summed E-state index contributed by atoms with van der Waals surface area (Å²) in [5.41, 5.74) is 1.65. The van der Waals surface area contributed by atoms with Gasteiger partial charge in [-0.3, -0.25) is 0 Å². The van der Waals surface area contributed by atoms with E-state index < -0.39 is 0 Å². The van der Waals surface area contributed by atoms with Gasteiger partial charge in [-0.15, -0.1) is 22.9 Å². The van der Waals surface area contributed by atoms with Gasteiger partial charge >= 0.3 is 0 Å². The fourth-order valence-electron chi connectivity index (χ4n) is 2.32. The molecular weight excluding hydrogens is 295 g/mol. The van der Waals surface area contributed by atoms with Gasteiger partial charge in [-0.1, -0.05) is 0 Å². The second-order valence-corrected chi connectivity index (χ2v) is 6.45. The third-order valence-electron chi connectivity index (χ3n) is 3.22. The summed E-state index contributed by atoms with van der Waals surface area (Å²) in [7, 11) is 0. The molecule has 2 heterocycles. The molecular formula is C15H14ClFN2S. The monoisotopic (exact) mass is 308 g/mol. The number of hydrogen-bond acceptors (Lipinski definition) is 2. The van der Waals surface area contributed by atoms with Crippen molar-refractivity contribution >= 4 is 34.0 Å². The van der Waals surface area contributed by atoms with E-state index in [1.54, 1.807) is 23.5 Å². The lowest BCUT2D eigenvalue weighted by Crippen LogP contribution is -2.05. The molecule has 2 nitrogen and oxygen atoms in total. The van der Waals surface area contributed by atoms with E-state index in [1.165, 1.54) is 15.8 Å². The number of alkyl halides is 1. The van der Waals surface area contributed by atoms with Crippen molar-refractivity contribution in [2.75, 3.05) is 5.88 Å². The third kappa shape index (κ3) is 2.58. The summed E-state index contributed by atoms with van der Waals surface area (Å²) in [6.07, 6.45) is 0.683. The van der Waals surface area contributed by atoms with E-state index in [0.717, 1.165) is 16.9 Å². The molecule has 20 heavy (non-hydrogen) atoms.